The molecule has 188 valence electrons. The van der Waals surface area contributed by atoms with Gasteiger partial charge in [0.2, 0.25) is 11.8 Å². The molecule has 7 heteroatoms. The maximum Gasteiger partial charge on any atom is 0.217 e. The van der Waals surface area contributed by atoms with E-state index >= 15 is 0 Å². The first-order chi connectivity index (χ1) is 16.8. The molecule has 2 atom stereocenters. The molecule has 6 nitrogen and oxygen atoms in total. The van der Waals surface area contributed by atoms with E-state index in [-0.39, 0.29) is 5.92 Å². The number of pyridine rings is 2. The van der Waals surface area contributed by atoms with Gasteiger partial charge in [0.25, 0.3) is 0 Å². The van der Waals surface area contributed by atoms with Crippen molar-refractivity contribution >= 4 is 26.8 Å². The van der Waals surface area contributed by atoms with Crippen LogP contribution in [0.4, 0.5) is 0 Å². The molecule has 1 aliphatic carbocycles. The maximum absolute atomic E-state index is 12.7. The van der Waals surface area contributed by atoms with E-state index in [0.29, 0.717) is 24.1 Å². The van der Waals surface area contributed by atoms with E-state index in [9.17, 15) is 5.11 Å². The van der Waals surface area contributed by atoms with E-state index in [1.807, 2.05) is 38.4 Å². The third-order valence-corrected chi connectivity index (χ3v) is 7.84. The molecule has 1 N–H and O–H groups in total. The summed E-state index contributed by atoms with van der Waals surface area (Å²) in [5.41, 5.74) is 1.47. The summed E-state index contributed by atoms with van der Waals surface area (Å²) in [5.74, 6) is 1.42. The average molecular weight is 543 g/mol. The minimum atomic E-state index is -1.16. The number of ether oxygens (including phenoxy) is 2. The predicted molar refractivity (Wildman–Crippen MR) is 143 cm³/mol. The molecule has 1 saturated carbocycles. The van der Waals surface area contributed by atoms with E-state index < -0.39 is 5.60 Å². The van der Waals surface area contributed by atoms with Crippen LogP contribution in [-0.4, -0.2) is 54.8 Å². The third-order valence-electron chi connectivity index (χ3n) is 7.34. The Balaban J connectivity index is 1.91. The monoisotopic (exact) mass is 541 g/mol. The standard InChI is InChI=1S/C28H36BrN3O3/c1-32(2)14-12-28(33,21-11-13-30-26(18-21)34-3)24(15-19-7-5-6-8-19)23-17-20-16-22(29)9-10-25(20)31-27(23)35-4/h9-11,13,16-19,24,33H,5-8,12,14-15H2,1-4H3. The normalized spacial score (nSPS) is 17.0. The number of hydrogen-bond donors (Lipinski definition) is 1. The molecule has 0 saturated heterocycles. The van der Waals surface area contributed by atoms with Gasteiger partial charge >= 0.3 is 0 Å². The van der Waals surface area contributed by atoms with Gasteiger partial charge in [0.1, 0.15) is 0 Å². The number of methoxy groups -OCH3 is 2. The van der Waals surface area contributed by atoms with Crippen molar-refractivity contribution in [2.75, 3.05) is 34.9 Å². The summed E-state index contributed by atoms with van der Waals surface area (Å²) in [5, 5.41) is 13.7. The fourth-order valence-corrected chi connectivity index (χ4v) is 5.80. The Labute approximate surface area is 216 Å². The summed E-state index contributed by atoms with van der Waals surface area (Å²) >= 11 is 3.60. The number of halogens is 1. The van der Waals surface area contributed by atoms with Crippen LogP contribution in [-0.2, 0) is 5.60 Å². The lowest BCUT2D eigenvalue weighted by atomic mass is 9.71. The molecule has 1 aromatic carbocycles. The second kappa shape index (κ2) is 11.2. The quantitative estimate of drug-likeness (QED) is 0.344. The van der Waals surface area contributed by atoms with Crippen LogP contribution in [0.2, 0.25) is 0 Å². The highest BCUT2D eigenvalue weighted by atomic mass is 79.9. The van der Waals surface area contributed by atoms with Crippen molar-refractivity contribution in [1.82, 2.24) is 14.9 Å². The highest BCUT2D eigenvalue weighted by Crippen LogP contribution is 2.49. The molecule has 3 aromatic rings. The number of benzene rings is 1. The van der Waals surface area contributed by atoms with E-state index in [1.165, 1.54) is 25.7 Å². The summed E-state index contributed by atoms with van der Waals surface area (Å²) in [7, 11) is 7.34. The minimum Gasteiger partial charge on any atom is -0.481 e. The van der Waals surface area contributed by atoms with Crippen LogP contribution in [0.3, 0.4) is 0 Å². The Bertz CT molecular complexity index is 1150. The zero-order valence-corrected chi connectivity index (χ0v) is 22.7. The topological polar surface area (TPSA) is 67.7 Å². The van der Waals surface area contributed by atoms with Crippen molar-refractivity contribution < 1.29 is 14.6 Å². The zero-order chi connectivity index (χ0) is 25.0. The Kier molecular flexibility index (Phi) is 8.30. The number of aromatic nitrogens is 2. The van der Waals surface area contributed by atoms with Crippen LogP contribution in [0.15, 0.2) is 47.1 Å². The van der Waals surface area contributed by atoms with Crippen LogP contribution < -0.4 is 9.47 Å². The van der Waals surface area contributed by atoms with Gasteiger partial charge in [0, 0.05) is 40.1 Å². The SMILES string of the molecule is COc1cc(C(O)(CCN(C)C)C(CC2CCCC2)c2cc3cc(Br)ccc3nc2OC)ccn1. The largest absolute Gasteiger partial charge is 0.481 e. The number of nitrogens with zero attached hydrogens (tertiary/aromatic N) is 3. The van der Waals surface area contributed by atoms with Crippen LogP contribution in [0.1, 0.15) is 55.6 Å². The number of fused-ring (bicyclic) bond motifs is 1. The zero-order valence-electron chi connectivity index (χ0n) is 21.1. The van der Waals surface area contributed by atoms with Gasteiger partial charge in [-0.05, 0) is 68.8 Å². The van der Waals surface area contributed by atoms with Gasteiger partial charge in [-0.2, -0.15) is 0 Å². The van der Waals surface area contributed by atoms with Crippen molar-refractivity contribution in [3.63, 3.8) is 0 Å². The minimum absolute atomic E-state index is 0.205. The summed E-state index contributed by atoms with van der Waals surface area (Å²) < 4.78 is 12.3. The first-order valence-corrected chi connectivity index (χ1v) is 13.1. The Morgan fingerprint density at radius 2 is 1.89 bits per heavy atom. The molecule has 35 heavy (non-hydrogen) atoms. The molecular formula is C28H36BrN3O3. The van der Waals surface area contributed by atoms with E-state index in [1.54, 1.807) is 20.4 Å². The molecule has 2 aromatic heterocycles. The highest BCUT2D eigenvalue weighted by Gasteiger charge is 2.43. The average Bonchev–Trinajstić information content (AvgIpc) is 3.38. The summed E-state index contributed by atoms with van der Waals surface area (Å²) in [4.78, 5) is 11.3. The number of hydrogen-bond acceptors (Lipinski definition) is 6. The molecule has 2 heterocycles. The smallest absolute Gasteiger partial charge is 0.217 e. The first kappa shape index (κ1) is 25.9. The lowest BCUT2D eigenvalue weighted by Crippen LogP contribution is -2.38. The van der Waals surface area contributed by atoms with Gasteiger partial charge in [-0.15, -0.1) is 0 Å². The van der Waals surface area contributed by atoms with Gasteiger partial charge < -0.3 is 19.5 Å². The van der Waals surface area contributed by atoms with Crippen molar-refractivity contribution in [1.29, 1.82) is 0 Å². The second-order valence-corrected chi connectivity index (χ2v) is 10.8. The molecule has 2 unspecified atom stereocenters. The van der Waals surface area contributed by atoms with E-state index in [0.717, 1.165) is 39.5 Å². The Morgan fingerprint density at radius 3 is 2.57 bits per heavy atom. The van der Waals surface area contributed by atoms with Crippen LogP contribution >= 0.6 is 15.9 Å². The predicted octanol–water partition coefficient (Wildman–Crippen LogP) is 5.91. The molecule has 0 radical (unpaired) electrons. The lowest BCUT2D eigenvalue weighted by Gasteiger charge is -2.39. The Hall–Kier alpha value is -2.22. The summed E-state index contributed by atoms with van der Waals surface area (Å²) in [6, 6.07) is 12.0. The summed E-state index contributed by atoms with van der Waals surface area (Å²) in [6.07, 6.45) is 8.02. The molecule has 1 fully saturated rings. The van der Waals surface area contributed by atoms with Gasteiger partial charge in [0.15, 0.2) is 0 Å². The molecule has 0 bridgehead atoms. The summed E-state index contributed by atoms with van der Waals surface area (Å²) in [6.45, 7) is 0.733. The van der Waals surface area contributed by atoms with Crippen LogP contribution in [0, 0.1) is 5.92 Å². The van der Waals surface area contributed by atoms with E-state index in [4.69, 9.17) is 14.5 Å². The highest BCUT2D eigenvalue weighted by molar-refractivity contribution is 9.10. The van der Waals surface area contributed by atoms with Crippen molar-refractivity contribution in [3.05, 3.63) is 58.2 Å². The van der Waals surface area contributed by atoms with Gasteiger partial charge in [-0.1, -0.05) is 41.6 Å². The van der Waals surface area contributed by atoms with Gasteiger partial charge in [-0.25, -0.2) is 9.97 Å². The molecule has 4 rings (SSSR count). The lowest BCUT2D eigenvalue weighted by molar-refractivity contribution is -0.0153. The van der Waals surface area contributed by atoms with Crippen LogP contribution in [0.5, 0.6) is 11.8 Å². The maximum atomic E-state index is 12.7. The first-order valence-electron chi connectivity index (χ1n) is 12.4. The molecule has 0 spiro atoms. The van der Waals surface area contributed by atoms with E-state index in [2.05, 4.69) is 37.9 Å². The molecular weight excluding hydrogens is 506 g/mol. The molecule has 0 amide bonds. The van der Waals surface area contributed by atoms with Gasteiger partial charge in [-0.3, -0.25) is 0 Å². The molecule has 1 aliphatic rings. The number of aliphatic hydroxyl groups is 1. The van der Waals surface area contributed by atoms with Crippen molar-refractivity contribution in [2.24, 2.45) is 5.92 Å². The van der Waals surface area contributed by atoms with Gasteiger partial charge in [0.05, 0.1) is 25.3 Å². The fraction of sp³-hybridized carbons (Fsp3) is 0.500. The number of rotatable bonds is 10. The third kappa shape index (κ3) is 5.79. The molecule has 0 aliphatic heterocycles. The second-order valence-electron chi connectivity index (χ2n) is 9.93. The fourth-order valence-electron chi connectivity index (χ4n) is 5.42. The Morgan fingerprint density at radius 1 is 1.11 bits per heavy atom. The van der Waals surface area contributed by atoms with Crippen molar-refractivity contribution in [2.45, 2.75) is 50.0 Å². The van der Waals surface area contributed by atoms with Crippen LogP contribution in [0.25, 0.3) is 10.9 Å². The van der Waals surface area contributed by atoms with Crippen molar-refractivity contribution in [3.8, 4) is 11.8 Å².